The van der Waals surface area contributed by atoms with E-state index in [0.717, 1.165) is 4.47 Å². The number of ether oxygens (including phenoxy) is 1. The molecule has 3 aromatic carbocycles. The van der Waals surface area contributed by atoms with Crippen LogP contribution in [0.25, 0.3) is 22.3 Å². The van der Waals surface area contributed by atoms with Crippen molar-refractivity contribution in [3.8, 4) is 22.3 Å². The van der Waals surface area contributed by atoms with Crippen molar-refractivity contribution in [1.82, 2.24) is 0 Å². The van der Waals surface area contributed by atoms with Crippen LogP contribution in [0.2, 0.25) is 0 Å². The van der Waals surface area contributed by atoms with Gasteiger partial charge in [-0.2, -0.15) is 0 Å². The predicted octanol–water partition coefficient (Wildman–Crippen LogP) is 5.91. The summed E-state index contributed by atoms with van der Waals surface area (Å²) in [6.07, 6.45) is 0.442. The molecule has 2 aliphatic rings. The molecule has 0 amide bonds. The molecule has 1 saturated heterocycles. The monoisotopic (exact) mass is 348 g/mol. The summed E-state index contributed by atoms with van der Waals surface area (Å²) in [5.74, 6) is 0. The van der Waals surface area contributed by atoms with Crippen LogP contribution >= 0.6 is 15.9 Å². The molecule has 0 spiro atoms. The Morgan fingerprint density at radius 1 is 0.727 bits per heavy atom. The second-order valence-electron chi connectivity index (χ2n) is 5.84. The van der Waals surface area contributed by atoms with Crippen molar-refractivity contribution in [1.29, 1.82) is 0 Å². The van der Waals surface area contributed by atoms with E-state index in [9.17, 15) is 0 Å². The van der Waals surface area contributed by atoms with Gasteiger partial charge < -0.3 is 4.74 Å². The number of epoxide rings is 1. The summed E-state index contributed by atoms with van der Waals surface area (Å²) < 4.78 is 7.12. The van der Waals surface area contributed by atoms with Crippen molar-refractivity contribution in [3.63, 3.8) is 0 Å². The largest absolute Gasteiger partial charge is 0.359 e. The van der Waals surface area contributed by atoms with Gasteiger partial charge in [0.05, 0.1) is 0 Å². The first-order chi connectivity index (χ1) is 10.8. The number of rotatable bonds is 1. The van der Waals surface area contributed by atoms with Gasteiger partial charge in [0.25, 0.3) is 0 Å². The van der Waals surface area contributed by atoms with Gasteiger partial charge in [0.2, 0.25) is 0 Å². The highest BCUT2D eigenvalue weighted by Crippen LogP contribution is 2.61. The van der Waals surface area contributed by atoms with Crippen molar-refractivity contribution in [2.24, 2.45) is 0 Å². The van der Waals surface area contributed by atoms with Gasteiger partial charge in [-0.05, 0) is 45.5 Å². The Morgan fingerprint density at radius 3 is 2.41 bits per heavy atom. The van der Waals surface area contributed by atoms with Crippen LogP contribution in [0.1, 0.15) is 23.3 Å². The quantitative estimate of drug-likeness (QED) is 0.498. The van der Waals surface area contributed by atoms with Crippen LogP contribution in [0, 0.1) is 0 Å². The number of hydrogen-bond donors (Lipinski definition) is 0. The van der Waals surface area contributed by atoms with Crippen LogP contribution in [0.15, 0.2) is 71.2 Å². The van der Waals surface area contributed by atoms with Crippen molar-refractivity contribution in [3.05, 3.63) is 82.3 Å². The minimum Gasteiger partial charge on any atom is -0.359 e. The molecule has 0 radical (unpaired) electrons. The molecule has 1 aliphatic heterocycles. The second-order valence-corrected chi connectivity index (χ2v) is 6.76. The van der Waals surface area contributed by atoms with E-state index in [-0.39, 0.29) is 12.2 Å². The lowest BCUT2D eigenvalue weighted by Crippen LogP contribution is -2.01. The lowest BCUT2D eigenvalue weighted by molar-refractivity contribution is 0.380. The molecule has 106 valence electrons. The van der Waals surface area contributed by atoms with Gasteiger partial charge in [0, 0.05) is 4.47 Å². The molecule has 0 aromatic heterocycles. The molecule has 2 heteroatoms. The minimum atomic E-state index is 0.208. The van der Waals surface area contributed by atoms with Gasteiger partial charge in [0.1, 0.15) is 12.2 Å². The van der Waals surface area contributed by atoms with E-state index in [4.69, 9.17) is 4.74 Å². The predicted molar refractivity (Wildman–Crippen MR) is 91.6 cm³/mol. The molecule has 3 aromatic rings. The van der Waals surface area contributed by atoms with E-state index >= 15 is 0 Å². The first-order valence-electron chi connectivity index (χ1n) is 7.46. The maximum atomic E-state index is 6.01. The van der Waals surface area contributed by atoms with Crippen LogP contribution in [-0.4, -0.2) is 0 Å². The minimum absolute atomic E-state index is 0.208. The molecule has 0 saturated carbocycles. The summed E-state index contributed by atoms with van der Waals surface area (Å²) in [6, 6.07) is 23.6. The normalized spacial score (nSPS) is 20.8. The zero-order valence-corrected chi connectivity index (χ0v) is 13.4. The van der Waals surface area contributed by atoms with E-state index in [1.165, 1.54) is 33.4 Å². The fourth-order valence-electron chi connectivity index (χ4n) is 3.57. The number of halogens is 1. The summed E-state index contributed by atoms with van der Waals surface area (Å²) >= 11 is 3.58. The van der Waals surface area contributed by atoms with Crippen LogP contribution < -0.4 is 0 Å². The highest BCUT2D eigenvalue weighted by Gasteiger charge is 2.48. The topological polar surface area (TPSA) is 12.5 Å². The van der Waals surface area contributed by atoms with Crippen LogP contribution in [0.3, 0.4) is 0 Å². The molecule has 2 atom stereocenters. The van der Waals surface area contributed by atoms with Crippen molar-refractivity contribution < 1.29 is 4.74 Å². The van der Waals surface area contributed by atoms with Gasteiger partial charge >= 0.3 is 0 Å². The maximum Gasteiger partial charge on any atom is 0.115 e. The Labute approximate surface area is 137 Å². The molecule has 1 nitrogen and oxygen atoms in total. The average Bonchev–Trinajstić information content (AvgIpc) is 3.35. The zero-order valence-electron chi connectivity index (χ0n) is 11.8. The molecule has 5 rings (SSSR count). The van der Waals surface area contributed by atoms with Crippen molar-refractivity contribution in [2.75, 3.05) is 0 Å². The van der Waals surface area contributed by atoms with Gasteiger partial charge in [-0.15, -0.1) is 0 Å². The second kappa shape index (κ2) is 4.55. The lowest BCUT2D eigenvalue weighted by atomic mass is 9.82. The summed E-state index contributed by atoms with van der Waals surface area (Å²) in [4.78, 5) is 0. The Hall–Kier alpha value is -1.90. The Balaban J connectivity index is 1.79. The van der Waals surface area contributed by atoms with E-state index < -0.39 is 0 Å². The van der Waals surface area contributed by atoms with Crippen LogP contribution in [-0.2, 0) is 4.74 Å². The molecule has 22 heavy (non-hydrogen) atoms. The first kappa shape index (κ1) is 12.6. The fourth-order valence-corrected chi connectivity index (χ4v) is 3.97. The molecule has 0 N–H and O–H groups in total. The van der Waals surface area contributed by atoms with Crippen molar-refractivity contribution in [2.45, 2.75) is 12.2 Å². The van der Waals surface area contributed by atoms with Gasteiger partial charge in [-0.25, -0.2) is 0 Å². The van der Waals surface area contributed by atoms with E-state index in [1.54, 1.807) is 0 Å². The molecule has 1 heterocycles. The molecule has 1 fully saturated rings. The summed E-state index contributed by atoms with van der Waals surface area (Å²) in [5.41, 5.74) is 7.80. The number of fused-ring (bicyclic) bond motifs is 6. The summed E-state index contributed by atoms with van der Waals surface area (Å²) in [5, 5.41) is 0. The van der Waals surface area contributed by atoms with Gasteiger partial charge in [-0.3, -0.25) is 0 Å². The highest BCUT2D eigenvalue weighted by atomic mass is 79.9. The Bertz CT molecular complexity index is 900. The van der Waals surface area contributed by atoms with Gasteiger partial charge in [0.15, 0.2) is 0 Å². The fraction of sp³-hybridized carbons (Fsp3) is 0.100. The summed E-state index contributed by atoms with van der Waals surface area (Å²) in [7, 11) is 0. The van der Waals surface area contributed by atoms with Crippen LogP contribution in [0.5, 0.6) is 0 Å². The smallest absolute Gasteiger partial charge is 0.115 e. The average molecular weight is 349 g/mol. The molecule has 1 aliphatic carbocycles. The standard InChI is InChI=1S/C20H13BrO/c21-13-6-3-5-12(11-13)14-9-4-10-16-15-7-1-2-8-17(15)19-20(22-19)18(14)16/h1-11,19-20H. The third kappa shape index (κ3) is 1.74. The number of benzene rings is 3. The molecular formula is C20H13BrO. The highest BCUT2D eigenvalue weighted by molar-refractivity contribution is 9.10. The molecule has 2 unspecified atom stereocenters. The Morgan fingerprint density at radius 2 is 1.50 bits per heavy atom. The number of hydrogen-bond acceptors (Lipinski definition) is 1. The van der Waals surface area contributed by atoms with Crippen LogP contribution in [0.4, 0.5) is 0 Å². The van der Waals surface area contributed by atoms with Gasteiger partial charge in [-0.1, -0.05) is 70.5 Å². The first-order valence-corrected chi connectivity index (χ1v) is 8.26. The maximum absolute atomic E-state index is 6.01. The SMILES string of the molecule is Brc1cccc(-c2cccc3c2C2OC2c2ccccc2-3)c1. The van der Waals surface area contributed by atoms with E-state index in [1.807, 2.05) is 0 Å². The third-order valence-electron chi connectivity index (χ3n) is 4.58. The van der Waals surface area contributed by atoms with E-state index in [2.05, 4.69) is 82.7 Å². The molecular weight excluding hydrogens is 336 g/mol. The zero-order chi connectivity index (χ0) is 14.7. The van der Waals surface area contributed by atoms with E-state index in [0.29, 0.717) is 0 Å². The Kier molecular flexibility index (Phi) is 2.61. The third-order valence-corrected chi connectivity index (χ3v) is 5.07. The van der Waals surface area contributed by atoms with Crippen molar-refractivity contribution >= 4 is 15.9 Å². The molecule has 0 bridgehead atoms. The lowest BCUT2D eigenvalue weighted by Gasteiger charge is -2.19. The summed E-state index contributed by atoms with van der Waals surface area (Å²) in [6.45, 7) is 0.